The molecule has 1 unspecified atom stereocenters. The number of imide groups is 1. The minimum absolute atomic E-state index is 0.101. The van der Waals surface area contributed by atoms with E-state index in [1.807, 2.05) is 6.07 Å². The molecular weight excluding hydrogens is 852 g/mol. The van der Waals surface area contributed by atoms with Crippen molar-refractivity contribution < 1.29 is 23.5 Å². The van der Waals surface area contributed by atoms with E-state index in [1.54, 1.807) is 6.07 Å². The van der Waals surface area contributed by atoms with Gasteiger partial charge in [0.15, 0.2) is 0 Å². The van der Waals surface area contributed by atoms with Crippen LogP contribution in [0.2, 0.25) is 0 Å². The van der Waals surface area contributed by atoms with Crippen LogP contribution < -0.4 is 25.2 Å². The quantitative estimate of drug-likeness (QED) is 0.114. The molecule has 354 valence electrons. The summed E-state index contributed by atoms with van der Waals surface area (Å²) < 4.78 is 21.6. The number of benzene rings is 5. The minimum atomic E-state index is -0.848. The number of aryl methyl sites for hydroxylation is 1. The molecule has 11 heteroatoms. The number of carbonyl (C=O) groups excluding carboxylic acids is 3. The molecule has 5 aromatic carbocycles. The highest BCUT2D eigenvalue weighted by Gasteiger charge is 2.34. The summed E-state index contributed by atoms with van der Waals surface area (Å²) in [5.41, 5.74) is 8.75. The van der Waals surface area contributed by atoms with Crippen LogP contribution in [-0.4, -0.2) is 99.0 Å². The second-order valence-corrected chi connectivity index (χ2v) is 19.8. The van der Waals surface area contributed by atoms with Crippen LogP contribution in [0.25, 0.3) is 0 Å². The number of nitrogens with zero attached hydrogens (tertiary/aromatic N) is 4. The summed E-state index contributed by atoms with van der Waals surface area (Å²) >= 11 is 0. The lowest BCUT2D eigenvalue weighted by molar-refractivity contribution is -0.134. The third kappa shape index (κ3) is 10.6. The molecule has 1 saturated carbocycles. The molecule has 0 radical (unpaired) electrons. The van der Waals surface area contributed by atoms with Crippen molar-refractivity contribution in [1.29, 1.82) is 0 Å². The van der Waals surface area contributed by atoms with Gasteiger partial charge in [-0.25, -0.2) is 4.39 Å². The van der Waals surface area contributed by atoms with Crippen molar-refractivity contribution in [2.75, 3.05) is 75.2 Å². The second kappa shape index (κ2) is 21.1. The first kappa shape index (κ1) is 45.7. The van der Waals surface area contributed by atoms with Gasteiger partial charge >= 0.3 is 0 Å². The zero-order valence-corrected chi connectivity index (χ0v) is 39.2. The number of anilines is 2. The van der Waals surface area contributed by atoms with Gasteiger partial charge in [-0.1, -0.05) is 91.7 Å². The number of nitrogens with one attached hydrogen (secondary N) is 2. The zero-order valence-electron chi connectivity index (χ0n) is 39.2. The molecular formula is C57H65FN6O4. The predicted molar refractivity (Wildman–Crippen MR) is 266 cm³/mol. The number of carbonyl (C=O) groups is 3. The fourth-order valence-electron chi connectivity index (χ4n) is 11.7. The van der Waals surface area contributed by atoms with E-state index in [2.05, 4.69) is 127 Å². The maximum Gasteiger partial charge on any atom is 0.254 e. The van der Waals surface area contributed by atoms with Crippen molar-refractivity contribution >= 4 is 29.1 Å². The number of piperidine rings is 1. The van der Waals surface area contributed by atoms with Crippen molar-refractivity contribution in [1.82, 2.24) is 20.4 Å². The molecule has 0 aromatic heterocycles. The van der Waals surface area contributed by atoms with Crippen LogP contribution in [0.3, 0.4) is 0 Å². The number of ether oxygens (including phenoxy) is 1. The van der Waals surface area contributed by atoms with Gasteiger partial charge in [0.25, 0.3) is 5.91 Å². The molecule has 10 rings (SSSR count). The molecule has 5 aromatic rings. The molecule has 68 heavy (non-hydrogen) atoms. The van der Waals surface area contributed by atoms with Gasteiger partial charge < -0.3 is 19.9 Å². The Kier molecular flexibility index (Phi) is 14.2. The van der Waals surface area contributed by atoms with Crippen LogP contribution >= 0.6 is 0 Å². The molecule has 3 amide bonds. The number of fused-ring (bicyclic) bond motifs is 1. The Labute approximate surface area is 400 Å². The van der Waals surface area contributed by atoms with E-state index in [4.69, 9.17) is 4.74 Å². The van der Waals surface area contributed by atoms with E-state index in [-0.39, 0.29) is 30.2 Å². The third-order valence-corrected chi connectivity index (χ3v) is 15.6. The molecule has 2 N–H and O–H groups in total. The van der Waals surface area contributed by atoms with Gasteiger partial charge in [0.1, 0.15) is 24.2 Å². The Morgan fingerprint density at radius 3 is 1.93 bits per heavy atom. The molecule has 4 fully saturated rings. The van der Waals surface area contributed by atoms with Crippen molar-refractivity contribution in [3.63, 3.8) is 0 Å². The van der Waals surface area contributed by atoms with E-state index in [0.717, 1.165) is 83.2 Å². The zero-order chi connectivity index (χ0) is 46.4. The smallest absolute Gasteiger partial charge is 0.254 e. The number of amides is 3. The Morgan fingerprint density at radius 2 is 1.28 bits per heavy atom. The fourth-order valence-corrected chi connectivity index (χ4v) is 11.7. The van der Waals surface area contributed by atoms with E-state index in [0.29, 0.717) is 24.4 Å². The number of hydrogen-bond donors (Lipinski definition) is 2. The van der Waals surface area contributed by atoms with Gasteiger partial charge in [0, 0.05) is 89.2 Å². The van der Waals surface area contributed by atoms with Gasteiger partial charge in [-0.05, 0) is 120 Å². The SMILES string of the molecule is O=C1CCC(NC(=O)c2ccc(N3CCN(C[C@@H]4CCCC[C@H]4CN4CCN(c5ccc([C@@H]6c7ccc(OCc8ccccc8)cc7CC[C@@H]6c6ccccc6)cc5)CC4)CC3)cc2F)C(=O)N1. The summed E-state index contributed by atoms with van der Waals surface area (Å²) in [4.78, 5) is 46.5. The van der Waals surface area contributed by atoms with E-state index in [1.165, 1.54) is 77.9 Å². The molecule has 3 heterocycles. The monoisotopic (exact) mass is 917 g/mol. The molecule has 0 bridgehead atoms. The van der Waals surface area contributed by atoms with Crippen molar-refractivity contribution in [3.05, 3.63) is 161 Å². The van der Waals surface area contributed by atoms with Crippen LogP contribution in [0.1, 0.15) is 95.0 Å². The van der Waals surface area contributed by atoms with E-state index in [9.17, 15) is 14.4 Å². The largest absolute Gasteiger partial charge is 0.489 e. The van der Waals surface area contributed by atoms with Gasteiger partial charge in [-0.15, -0.1) is 0 Å². The lowest BCUT2D eigenvalue weighted by Gasteiger charge is -2.43. The number of hydrogen-bond acceptors (Lipinski definition) is 8. The lowest BCUT2D eigenvalue weighted by Crippen LogP contribution is -2.52. The Morgan fingerprint density at radius 1 is 0.647 bits per heavy atom. The van der Waals surface area contributed by atoms with Crippen LogP contribution in [-0.2, 0) is 22.6 Å². The van der Waals surface area contributed by atoms with Crippen molar-refractivity contribution in [2.45, 2.75) is 75.9 Å². The molecule has 0 spiro atoms. The molecule has 2 aliphatic carbocycles. The topological polar surface area (TPSA) is 97.5 Å². The first-order chi connectivity index (χ1) is 33.3. The predicted octanol–water partition coefficient (Wildman–Crippen LogP) is 8.55. The first-order valence-corrected chi connectivity index (χ1v) is 25.1. The van der Waals surface area contributed by atoms with Crippen LogP contribution in [0, 0.1) is 17.7 Å². The van der Waals surface area contributed by atoms with Gasteiger partial charge in [0.2, 0.25) is 11.8 Å². The second-order valence-electron chi connectivity index (χ2n) is 19.8. The lowest BCUT2D eigenvalue weighted by atomic mass is 9.69. The summed E-state index contributed by atoms with van der Waals surface area (Å²) in [7, 11) is 0. The first-order valence-electron chi connectivity index (χ1n) is 25.1. The van der Waals surface area contributed by atoms with Gasteiger partial charge in [0.05, 0.1) is 5.56 Å². The summed E-state index contributed by atoms with van der Waals surface area (Å²) in [5, 5.41) is 4.81. The fraction of sp³-hybridized carbons (Fsp3) is 0.421. The van der Waals surface area contributed by atoms with Crippen molar-refractivity contribution in [3.8, 4) is 5.75 Å². The van der Waals surface area contributed by atoms with E-state index >= 15 is 4.39 Å². The van der Waals surface area contributed by atoms with Crippen molar-refractivity contribution in [2.24, 2.45) is 11.8 Å². The van der Waals surface area contributed by atoms with E-state index < -0.39 is 23.7 Å². The highest BCUT2D eigenvalue weighted by Crippen LogP contribution is 2.47. The standard InChI is InChI=1S/C57H65FN6O4/c58-52-36-47(20-23-51(52)56(66)59-53-25-26-54(65)60-57(53)67)64-33-29-62(30-34-64)38-45-14-8-7-13-44(45)37-61-27-31-63(32-28-61)46-18-15-42(16-19-46)55-49(41-11-5-2-6-12-41)22-17-43-35-48(21-24-50(43)55)68-39-40-9-3-1-4-10-40/h1-6,9-12,15-16,18-21,23-24,35-36,44-45,49,53,55H,7-8,13-14,17,22,25-34,37-39H2,(H,59,66)(H,60,65,67)/t44-,45-,49+,53?,55-/m0/s1. The number of piperazine rings is 2. The summed E-state index contributed by atoms with van der Waals surface area (Å²) in [6, 6.07) is 41.6. The highest BCUT2D eigenvalue weighted by molar-refractivity contribution is 6.04. The van der Waals surface area contributed by atoms with Crippen LogP contribution in [0.5, 0.6) is 5.75 Å². The van der Waals surface area contributed by atoms with Crippen LogP contribution in [0.4, 0.5) is 15.8 Å². The summed E-state index contributed by atoms with van der Waals surface area (Å²) in [6.07, 6.45) is 7.69. The molecule has 3 saturated heterocycles. The average molecular weight is 917 g/mol. The Bertz CT molecular complexity index is 2520. The average Bonchev–Trinajstić information content (AvgIpc) is 3.38. The highest BCUT2D eigenvalue weighted by atomic mass is 19.1. The van der Waals surface area contributed by atoms with Gasteiger partial charge in [-0.2, -0.15) is 0 Å². The normalized spacial score (nSPS) is 23.7. The number of halogens is 1. The summed E-state index contributed by atoms with van der Waals surface area (Å²) in [5.74, 6) is 0.827. The maximum absolute atomic E-state index is 15.3. The molecule has 10 nitrogen and oxygen atoms in total. The third-order valence-electron chi connectivity index (χ3n) is 15.6. The molecule has 3 aliphatic heterocycles. The Hall–Kier alpha value is -6.04. The number of rotatable bonds is 13. The molecule has 5 atom stereocenters. The van der Waals surface area contributed by atoms with Crippen LogP contribution in [0.15, 0.2) is 121 Å². The summed E-state index contributed by atoms with van der Waals surface area (Å²) in [6.45, 7) is 10.5. The minimum Gasteiger partial charge on any atom is -0.489 e. The Balaban J connectivity index is 0.715. The van der Waals surface area contributed by atoms with Gasteiger partial charge in [-0.3, -0.25) is 29.5 Å². The maximum atomic E-state index is 15.3. The molecule has 5 aliphatic rings.